The number of carbonyl (C=O) groups excluding carboxylic acids is 2. The second-order valence-corrected chi connectivity index (χ2v) is 8.42. The number of carbonyl (C=O) groups is 2. The van der Waals surface area contributed by atoms with E-state index in [-0.39, 0.29) is 17.6 Å². The van der Waals surface area contributed by atoms with E-state index >= 15 is 0 Å². The van der Waals surface area contributed by atoms with Gasteiger partial charge in [0.1, 0.15) is 11.4 Å². The zero-order valence-corrected chi connectivity index (χ0v) is 20.1. The molecule has 0 saturated carbocycles. The average molecular weight is 489 g/mol. The highest BCUT2D eigenvalue weighted by atomic mass is 32.2. The van der Waals surface area contributed by atoms with E-state index < -0.39 is 0 Å². The first kappa shape index (κ1) is 24.0. The second-order valence-electron chi connectivity index (χ2n) is 7.48. The molecular weight excluding hydrogens is 464 g/mol. The molecule has 2 N–H and O–H groups in total. The van der Waals surface area contributed by atoms with E-state index in [2.05, 4.69) is 26.2 Å². The van der Waals surface area contributed by atoms with Gasteiger partial charge in [-0.15, -0.1) is 5.10 Å². The van der Waals surface area contributed by atoms with Gasteiger partial charge in [0.2, 0.25) is 11.1 Å². The number of nitrogens with zero attached hydrogens (tertiary/aromatic N) is 4. The number of nitrogens with one attached hydrogen (secondary N) is 2. The number of benzene rings is 3. The molecule has 1 heterocycles. The highest BCUT2D eigenvalue weighted by Gasteiger charge is 2.17. The summed E-state index contributed by atoms with van der Waals surface area (Å²) in [5, 5.41) is 18.0. The summed E-state index contributed by atoms with van der Waals surface area (Å²) in [4.78, 5) is 25.6. The predicted octanol–water partition coefficient (Wildman–Crippen LogP) is 4.35. The summed E-state index contributed by atoms with van der Waals surface area (Å²) >= 11 is 1.18. The maximum absolute atomic E-state index is 12.8. The van der Waals surface area contributed by atoms with Gasteiger partial charge in [0.05, 0.1) is 23.6 Å². The number of thioether (sulfide) groups is 1. The lowest BCUT2D eigenvalue weighted by atomic mass is 10.1. The zero-order valence-electron chi connectivity index (χ0n) is 19.3. The summed E-state index contributed by atoms with van der Waals surface area (Å²) < 4.78 is 7.20. The fourth-order valence-electron chi connectivity index (χ4n) is 3.36. The SMILES string of the molecule is CCOc1ccccc1-n1nnnc1SCC(=O)Nc1ccccc1C(=O)Nc1cccc(C)c1. The Labute approximate surface area is 206 Å². The molecule has 1 aromatic heterocycles. The van der Waals surface area contributed by atoms with Gasteiger partial charge in [-0.05, 0) is 66.2 Å². The number of hydrogen-bond acceptors (Lipinski definition) is 7. The first-order chi connectivity index (χ1) is 17.0. The molecule has 35 heavy (non-hydrogen) atoms. The molecule has 0 unspecified atom stereocenters. The van der Waals surface area contributed by atoms with E-state index in [0.29, 0.717) is 40.1 Å². The highest BCUT2D eigenvalue weighted by molar-refractivity contribution is 7.99. The average Bonchev–Trinajstić information content (AvgIpc) is 3.32. The highest BCUT2D eigenvalue weighted by Crippen LogP contribution is 2.26. The van der Waals surface area contributed by atoms with Crippen molar-refractivity contribution in [1.29, 1.82) is 0 Å². The quantitative estimate of drug-likeness (QED) is 0.337. The van der Waals surface area contributed by atoms with Crippen molar-refractivity contribution >= 4 is 35.0 Å². The van der Waals surface area contributed by atoms with Gasteiger partial charge in [-0.1, -0.05) is 48.2 Å². The van der Waals surface area contributed by atoms with Crippen molar-refractivity contribution in [2.24, 2.45) is 0 Å². The van der Waals surface area contributed by atoms with Crippen LogP contribution in [0.1, 0.15) is 22.8 Å². The molecule has 4 aromatic rings. The standard InChI is InChI=1S/C25H24N6O3S/c1-3-34-22-14-7-6-13-21(22)31-25(28-29-30-31)35-16-23(32)27-20-12-5-4-11-19(20)24(33)26-18-10-8-9-17(2)15-18/h4-15H,3,16H2,1-2H3,(H,26,33)(H,27,32). The van der Waals surface area contributed by atoms with Crippen LogP contribution in [-0.2, 0) is 4.79 Å². The Morgan fingerprint density at radius 1 is 1.00 bits per heavy atom. The minimum absolute atomic E-state index is 0.0466. The number of aromatic nitrogens is 4. The molecule has 10 heteroatoms. The monoisotopic (exact) mass is 488 g/mol. The molecule has 0 fully saturated rings. The normalized spacial score (nSPS) is 10.6. The van der Waals surface area contributed by atoms with Crippen molar-refractivity contribution in [3.63, 3.8) is 0 Å². The third kappa shape index (κ3) is 6.04. The molecule has 3 aromatic carbocycles. The summed E-state index contributed by atoms with van der Waals surface area (Å²) in [6.45, 7) is 4.35. The van der Waals surface area contributed by atoms with Gasteiger partial charge in [-0.2, -0.15) is 4.68 Å². The van der Waals surface area contributed by atoms with Gasteiger partial charge >= 0.3 is 0 Å². The Balaban J connectivity index is 1.43. The van der Waals surface area contributed by atoms with Crippen LogP contribution in [0.15, 0.2) is 78.0 Å². The van der Waals surface area contributed by atoms with Crippen LogP contribution >= 0.6 is 11.8 Å². The van der Waals surface area contributed by atoms with Crippen molar-refractivity contribution in [2.45, 2.75) is 19.0 Å². The minimum Gasteiger partial charge on any atom is -0.492 e. The van der Waals surface area contributed by atoms with Crippen molar-refractivity contribution in [2.75, 3.05) is 23.0 Å². The van der Waals surface area contributed by atoms with Crippen LogP contribution in [-0.4, -0.2) is 44.4 Å². The number of tetrazole rings is 1. The van der Waals surface area contributed by atoms with E-state index in [9.17, 15) is 9.59 Å². The lowest BCUT2D eigenvalue weighted by Crippen LogP contribution is -2.19. The van der Waals surface area contributed by atoms with Crippen LogP contribution in [0, 0.1) is 6.92 Å². The van der Waals surface area contributed by atoms with Gasteiger partial charge in [-0.25, -0.2) is 0 Å². The minimum atomic E-state index is -0.310. The van der Waals surface area contributed by atoms with E-state index in [1.54, 1.807) is 24.3 Å². The Morgan fingerprint density at radius 3 is 2.63 bits per heavy atom. The largest absolute Gasteiger partial charge is 0.492 e. The molecule has 0 bridgehead atoms. The predicted molar refractivity (Wildman–Crippen MR) is 135 cm³/mol. The topological polar surface area (TPSA) is 111 Å². The summed E-state index contributed by atoms with van der Waals surface area (Å²) in [7, 11) is 0. The lowest BCUT2D eigenvalue weighted by Gasteiger charge is -2.12. The number of ether oxygens (including phenoxy) is 1. The summed E-state index contributed by atoms with van der Waals surface area (Å²) in [5.74, 6) is 0.0848. The number of hydrogen-bond donors (Lipinski definition) is 2. The van der Waals surface area contributed by atoms with E-state index in [0.717, 1.165) is 5.56 Å². The van der Waals surface area contributed by atoms with Gasteiger partial charge in [-0.3, -0.25) is 9.59 Å². The Hall–Kier alpha value is -4.18. The molecule has 0 aliphatic carbocycles. The fourth-order valence-corrected chi connectivity index (χ4v) is 4.04. The molecule has 178 valence electrons. The van der Waals surface area contributed by atoms with Crippen LogP contribution in [0.2, 0.25) is 0 Å². The van der Waals surface area contributed by atoms with Gasteiger partial charge in [0.25, 0.3) is 5.91 Å². The van der Waals surface area contributed by atoms with Crippen molar-refractivity contribution in [1.82, 2.24) is 20.2 Å². The summed E-state index contributed by atoms with van der Waals surface area (Å²) in [6.07, 6.45) is 0. The molecule has 0 aliphatic heterocycles. The van der Waals surface area contributed by atoms with Gasteiger partial charge in [0, 0.05) is 5.69 Å². The molecule has 4 rings (SSSR count). The second kappa shape index (κ2) is 11.3. The zero-order chi connectivity index (χ0) is 24.6. The van der Waals surface area contributed by atoms with Crippen LogP contribution < -0.4 is 15.4 Å². The van der Waals surface area contributed by atoms with Crippen molar-refractivity contribution in [3.8, 4) is 11.4 Å². The third-order valence-corrected chi connectivity index (χ3v) is 5.81. The number of aryl methyl sites for hydroxylation is 1. The maximum atomic E-state index is 12.8. The lowest BCUT2D eigenvalue weighted by molar-refractivity contribution is -0.113. The Bertz CT molecular complexity index is 1340. The molecular formula is C25H24N6O3S. The van der Waals surface area contributed by atoms with Gasteiger partial charge in [0.15, 0.2) is 0 Å². The third-order valence-electron chi connectivity index (χ3n) is 4.89. The maximum Gasteiger partial charge on any atom is 0.257 e. The van der Waals surface area contributed by atoms with E-state index in [1.165, 1.54) is 16.4 Å². The first-order valence-corrected chi connectivity index (χ1v) is 11.9. The molecule has 2 amide bonds. The molecule has 9 nitrogen and oxygen atoms in total. The molecule has 0 aliphatic rings. The Morgan fingerprint density at radius 2 is 1.80 bits per heavy atom. The van der Waals surface area contributed by atoms with Crippen molar-refractivity contribution in [3.05, 3.63) is 83.9 Å². The Kier molecular flexibility index (Phi) is 7.74. The number of rotatable bonds is 9. The van der Waals surface area contributed by atoms with Crippen molar-refractivity contribution < 1.29 is 14.3 Å². The molecule has 0 radical (unpaired) electrons. The number of amides is 2. The molecule has 0 atom stereocenters. The first-order valence-electron chi connectivity index (χ1n) is 11.0. The van der Waals surface area contributed by atoms with Crippen LogP contribution in [0.25, 0.3) is 5.69 Å². The molecule has 0 spiro atoms. The summed E-state index contributed by atoms with van der Waals surface area (Å²) in [5.41, 5.74) is 3.19. The summed E-state index contributed by atoms with van der Waals surface area (Å²) in [6, 6.07) is 21.8. The van der Waals surface area contributed by atoms with Crippen LogP contribution in [0.3, 0.4) is 0 Å². The molecule has 0 saturated heterocycles. The van der Waals surface area contributed by atoms with E-state index in [4.69, 9.17) is 4.74 Å². The smallest absolute Gasteiger partial charge is 0.257 e. The van der Waals surface area contributed by atoms with E-state index in [1.807, 2.05) is 62.4 Å². The van der Waals surface area contributed by atoms with Gasteiger partial charge < -0.3 is 15.4 Å². The number of para-hydroxylation sites is 3. The van der Waals surface area contributed by atoms with Crippen LogP contribution in [0.5, 0.6) is 5.75 Å². The van der Waals surface area contributed by atoms with Crippen LogP contribution in [0.4, 0.5) is 11.4 Å². The number of anilines is 2. The fraction of sp³-hybridized carbons (Fsp3) is 0.160.